The third kappa shape index (κ3) is 6.83. The van der Waals surface area contributed by atoms with Crippen LogP contribution in [0.15, 0.2) is 72.8 Å². The van der Waals surface area contributed by atoms with E-state index in [0.29, 0.717) is 22.3 Å². The van der Waals surface area contributed by atoms with Gasteiger partial charge in [-0.2, -0.15) is 0 Å². The second kappa shape index (κ2) is 13.2. The lowest BCUT2D eigenvalue weighted by atomic mass is 10.0. The van der Waals surface area contributed by atoms with E-state index in [4.69, 9.17) is 30.4 Å². The van der Waals surface area contributed by atoms with E-state index in [2.05, 4.69) is 34.3 Å². The van der Waals surface area contributed by atoms with E-state index in [-0.39, 0.29) is 39.6 Å². The van der Waals surface area contributed by atoms with E-state index >= 15 is 0 Å². The number of carboxylic acids is 2. The zero-order valence-electron chi connectivity index (χ0n) is 23.2. The molecule has 0 spiro atoms. The Morgan fingerprint density at radius 1 is 0.533 bits per heavy atom. The molecule has 0 bridgehead atoms. The Morgan fingerprint density at radius 3 is 1.42 bits per heavy atom. The van der Waals surface area contributed by atoms with Crippen molar-refractivity contribution in [1.29, 1.82) is 0 Å². The molecule has 4 aromatic rings. The van der Waals surface area contributed by atoms with Crippen molar-refractivity contribution < 1.29 is 34.1 Å². The molecule has 9 heteroatoms. The van der Waals surface area contributed by atoms with Crippen molar-refractivity contribution in [2.75, 3.05) is 10.6 Å². The van der Waals surface area contributed by atoms with Crippen LogP contribution in [0.4, 0.5) is 11.4 Å². The molecule has 0 saturated carbocycles. The molecular formula is C36H20N2O7. The SMILES string of the molecule is C#Cc1ccc(C#C)c(NC(=O)c2ccc(Oc3ccc(C(=O)O)c(C(=O)Nc4cc(C#C)ccc4C#C)c3)cc2C(=O)O)c1. The number of rotatable bonds is 8. The zero-order valence-corrected chi connectivity index (χ0v) is 23.2. The molecular weight excluding hydrogens is 572 g/mol. The van der Waals surface area contributed by atoms with Crippen molar-refractivity contribution in [3.8, 4) is 60.9 Å². The Hall–Kier alpha value is -7.20. The zero-order chi connectivity index (χ0) is 32.7. The van der Waals surface area contributed by atoms with Crippen LogP contribution in [-0.4, -0.2) is 34.0 Å². The maximum atomic E-state index is 13.2. The van der Waals surface area contributed by atoms with E-state index in [1.807, 2.05) is 0 Å². The third-order valence-electron chi connectivity index (χ3n) is 6.35. The molecule has 45 heavy (non-hydrogen) atoms. The van der Waals surface area contributed by atoms with E-state index in [1.165, 1.54) is 42.5 Å². The minimum Gasteiger partial charge on any atom is -0.478 e. The fourth-order valence-corrected chi connectivity index (χ4v) is 4.17. The first-order chi connectivity index (χ1) is 21.6. The summed E-state index contributed by atoms with van der Waals surface area (Å²) < 4.78 is 5.77. The van der Waals surface area contributed by atoms with Crippen LogP contribution in [0.2, 0.25) is 0 Å². The van der Waals surface area contributed by atoms with Crippen molar-refractivity contribution in [3.05, 3.63) is 117 Å². The van der Waals surface area contributed by atoms with Crippen molar-refractivity contribution in [3.63, 3.8) is 0 Å². The number of carboxylic acid groups (broad SMARTS) is 2. The molecule has 9 nitrogen and oxygen atoms in total. The van der Waals surface area contributed by atoms with Crippen LogP contribution < -0.4 is 15.4 Å². The summed E-state index contributed by atoms with van der Waals surface area (Å²) in [6, 6.07) is 16.5. The summed E-state index contributed by atoms with van der Waals surface area (Å²) in [4.78, 5) is 50.3. The second-order valence-corrected chi connectivity index (χ2v) is 9.13. The fraction of sp³-hybridized carbons (Fsp3) is 0. The predicted octanol–water partition coefficient (Wildman–Crippen LogP) is 5.31. The molecule has 0 aromatic heterocycles. The molecule has 4 aromatic carbocycles. The summed E-state index contributed by atoms with van der Waals surface area (Å²) in [5, 5.41) is 24.7. The van der Waals surface area contributed by atoms with E-state index in [1.54, 1.807) is 18.2 Å². The number of nitrogens with one attached hydrogen (secondary N) is 2. The number of carbonyl (C=O) groups excluding carboxylic acids is 2. The summed E-state index contributed by atoms with van der Waals surface area (Å²) in [6.07, 6.45) is 21.9. The highest BCUT2D eigenvalue weighted by atomic mass is 16.5. The maximum absolute atomic E-state index is 13.2. The largest absolute Gasteiger partial charge is 0.478 e. The van der Waals surface area contributed by atoms with Gasteiger partial charge in [0.05, 0.1) is 33.6 Å². The summed E-state index contributed by atoms with van der Waals surface area (Å²) >= 11 is 0. The van der Waals surface area contributed by atoms with Crippen LogP contribution in [0.5, 0.6) is 11.5 Å². The summed E-state index contributed by atoms with van der Waals surface area (Å²) in [5.41, 5.74) is 0.726. The fourth-order valence-electron chi connectivity index (χ4n) is 4.17. The Balaban J connectivity index is 1.65. The Bertz CT molecular complexity index is 2080. The van der Waals surface area contributed by atoms with Crippen molar-refractivity contribution >= 4 is 35.1 Å². The molecule has 0 atom stereocenters. The van der Waals surface area contributed by atoms with Crippen LogP contribution in [0, 0.1) is 49.4 Å². The lowest BCUT2D eigenvalue weighted by molar-refractivity contribution is 0.0683. The number of anilines is 2. The highest BCUT2D eigenvalue weighted by Crippen LogP contribution is 2.28. The maximum Gasteiger partial charge on any atom is 0.336 e. The smallest absolute Gasteiger partial charge is 0.336 e. The van der Waals surface area contributed by atoms with E-state index < -0.39 is 29.3 Å². The van der Waals surface area contributed by atoms with Gasteiger partial charge in [0, 0.05) is 22.3 Å². The number of amides is 2. The molecule has 0 saturated heterocycles. The molecule has 0 unspecified atom stereocenters. The van der Waals surface area contributed by atoms with Crippen LogP contribution >= 0.6 is 0 Å². The first kappa shape index (κ1) is 30.8. The molecule has 0 aliphatic carbocycles. The average Bonchev–Trinajstić information content (AvgIpc) is 3.04. The number of carbonyl (C=O) groups is 4. The number of terminal acetylenes is 4. The number of ether oxygens (including phenoxy) is 1. The normalized spacial score (nSPS) is 9.78. The van der Waals surface area contributed by atoms with Gasteiger partial charge < -0.3 is 25.6 Å². The summed E-state index contributed by atoms with van der Waals surface area (Å²) in [7, 11) is 0. The topological polar surface area (TPSA) is 142 Å². The first-order valence-corrected chi connectivity index (χ1v) is 12.8. The Labute approximate surface area is 257 Å². The monoisotopic (exact) mass is 592 g/mol. The van der Waals surface area contributed by atoms with Gasteiger partial charge >= 0.3 is 11.9 Å². The van der Waals surface area contributed by atoms with Crippen molar-refractivity contribution in [2.45, 2.75) is 0 Å². The van der Waals surface area contributed by atoms with Crippen LogP contribution in [0.25, 0.3) is 0 Å². The van der Waals surface area contributed by atoms with Gasteiger partial charge in [0.1, 0.15) is 11.5 Å². The van der Waals surface area contributed by atoms with Crippen molar-refractivity contribution in [2.24, 2.45) is 0 Å². The summed E-state index contributed by atoms with van der Waals surface area (Å²) in [6.45, 7) is 0. The van der Waals surface area contributed by atoms with Gasteiger partial charge in [0.2, 0.25) is 0 Å². The quantitative estimate of drug-likeness (QED) is 0.203. The number of benzene rings is 4. The highest BCUT2D eigenvalue weighted by molar-refractivity contribution is 6.12. The number of aromatic carboxylic acids is 2. The second-order valence-electron chi connectivity index (χ2n) is 9.13. The van der Waals surface area contributed by atoms with Gasteiger partial charge in [-0.25, -0.2) is 9.59 Å². The Morgan fingerprint density at radius 2 is 0.978 bits per heavy atom. The summed E-state index contributed by atoms with van der Waals surface area (Å²) in [5.74, 6) is 5.28. The minimum absolute atomic E-state index is 0.00185. The molecule has 0 aliphatic rings. The van der Waals surface area contributed by atoms with Crippen molar-refractivity contribution in [1.82, 2.24) is 0 Å². The van der Waals surface area contributed by atoms with Gasteiger partial charge in [0.15, 0.2) is 0 Å². The first-order valence-electron chi connectivity index (χ1n) is 12.8. The lowest BCUT2D eigenvalue weighted by Gasteiger charge is -2.14. The lowest BCUT2D eigenvalue weighted by Crippen LogP contribution is -2.17. The average molecular weight is 593 g/mol. The van der Waals surface area contributed by atoms with Crippen LogP contribution in [0.3, 0.4) is 0 Å². The minimum atomic E-state index is -1.43. The molecule has 4 rings (SSSR count). The highest BCUT2D eigenvalue weighted by Gasteiger charge is 2.21. The van der Waals surface area contributed by atoms with E-state index in [0.717, 1.165) is 12.1 Å². The van der Waals surface area contributed by atoms with Crippen LogP contribution in [-0.2, 0) is 0 Å². The third-order valence-corrected chi connectivity index (χ3v) is 6.35. The van der Waals surface area contributed by atoms with Gasteiger partial charge in [0.25, 0.3) is 11.8 Å². The van der Waals surface area contributed by atoms with Gasteiger partial charge in [-0.15, -0.1) is 25.7 Å². The standard InChI is InChI=1S/C36H20N2O7/c1-5-21-9-11-23(7-3)31(17-21)37-33(39)27-15-13-26(20-30(27)36(43)44)45-25-14-16-28(35(41)42)29(19-25)34(40)38-32-18-22(6-2)10-12-24(32)8-4/h1-4,9-20H,(H,37,39)(H,38,40)(H,41,42)(H,43,44). The molecule has 2 amide bonds. The molecule has 216 valence electrons. The predicted molar refractivity (Wildman–Crippen MR) is 167 cm³/mol. The van der Waals surface area contributed by atoms with Gasteiger partial charge in [-0.05, 0) is 72.8 Å². The van der Waals surface area contributed by atoms with Gasteiger partial charge in [-0.1, -0.05) is 23.7 Å². The number of hydrogen-bond acceptors (Lipinski definition) is 5. The molecule has 0 heterocycles. The molecule has 0 fully saturated rings. The molecule has 0 radical (unpaired) electrons. The van der Waals surface area contributed by atoms with Gasteiger partial charge in [-0.3, -0.25) is 9.59 Å². The van der Waals surface area contributed by atoms with E-state index in [9.17, 15) is 29.4 Å². The Kier molecular flexibility index (Phi) is 9.01. The molecule has 0 aliphatic heterocycles. The number of hydrogen-bond donors (Lipinski definition) is 4. The van der Waals surface area contributed by atoms with Crippen LogP contribution in [0.1, 0.15) is 63.7 Å². The molecule has 4 N–H and O–H groups in total.